The topological polar surface area (TPSA) is 66.2 Å². The van der Waals surface area contributed by atoms with Gasteiger partial charge in [-0.1, -0.05) is 30.3 Å². The van der Waals surface area contributed by atoms with Crippen LogP contribution >= 0.6 is 0 Å². The van der Waals surface area contributed by atoms with E-state index in [9.17, 15) is 18.0 Å². The van der Waals surface area contributed by atoms with Gasteiger partial charge >= 0.3 is 6.18 Å². The summed E-state index contributed by atoms with van der Waals surface area (Å²) in [7, 11) is 1.53. The molecule has 168 valence electrons. The van der Waals surface area contributed by atoms with E-state index in [1.165, 1.54) is 36.1 Å². The Labute approximate surface area is 186 Å². The summed E-state index contributed by atoms with van der Waals surface area (Å²) in [6, 6.07) is 20.7. The molecule has 0 bridgehead atoms. The predicted octanol–water partition coefficient (Wildman–Crippen LogP) is 5.24. The molecule has 2 aromatic heterocycles. The Morgan fingerprint density at radius 3 is 2.36 bits per heavy atom. The van der Waals surface area contributed by atoms with Gasteiger partial charge in [0.2, 0.25) is 5.88 Å². The van der Waals surface area contributed by atoms with Gasteiger partial charge in [0, 0.05) is 42.1 Å². The summed E-state index contributed by atoms with van der Waals surface area (Å²) < 4.78 is 49.1. The number of halogens is 3. The van der Waals surface area contributed by atoms with Gasteiger partial charge in [0.1, 0.15) is 17.2 Å². The van der Waals surface area contributed by atoms with Crippen LogP contribution in [-0.2, 0) is 7.05 Å². The number of ether oxygens (including phenoxy) is 2. The van der Waals surface area contributed by atoms with E-state index in [2.05, 4.69) is 14.8 Å². The number of aromatic nitrogens is 3. The third-order valence-corrected chi connectivity index (χ3v) is 4.64. The minimum absolute atomic E-state index is 0.178. The van der Waals surface area contributed by atoms with E-state index in [1.807, 2.05) is 48.5 Å². The van der Waals surface area contributed by atoms with Gasteiger partial charge in [0.25, 0.3) is 5.56 Å². The minimum Gasteiger partial charge on any atom is -0.468 e. The molecule has 0 saturated carbocycles. The Hall–Kier alpha value is -4.14. The highest BCUT2D eigenvalue weighted by molar-refractivity contribution is 5.83. The van der Waals surface area contributed by atoms with Crippen LogP contribution in [-0.4, -0.2) is 27.5 Å². The monoisotopic (exact) mass is 453 g/mol. The first kappa shape index (κ1) is 22.1. The standard InChI is InChI=1S/C24H18F3N3O3/c1-30-22(31)13-19(16-11-12-21(28-14-16)32-15-24(25,26)27)23(29-30)18-9-5-6-10-20(18)33-17-7-3-2-4-8-17/h2-14H,15H2,1H3. The van der Waals surface area contributed by atoms with Gasteiger partial charge in [-0.25, -0.2) is 9.67 Å². The zero-order chi connectivity index (χ0) is 23.4. The highest BCUT2D eigenvalue weighted by Gasteiger charge is 2.28. The summed E-state index contributed by atoms with van der Waals surface area (Å²) >= 11 is 0. The van der Waals surface area contributed by atoms with E-state index in [1.54, 1.807) is 6.07 Å². The molecule has 2 aromatic carbocycles. The smallest absolute Gasteiger partial charge is 0.422 e. The van der Waals surface area contributed by atoms with Crippen molar-refractivity contribution in [3.63, 3.8) is 0 Å². The van der Waals surface area contributed by atoms with E-state index in [4.69, 9.17) is 4.74 Å². The molecule has 0 amide bonds. The first-order valence-electron chi connectivity index (χ1n) is 9.87. The number of rotatable bonds is 6. The van der Waals surface area contributed by atoms with Crippen LogP contribution in [0.5, 0.6) is 17.4 Å². The van der Waals surface area contributed by atoms with Crippen molar-refractivity contribution in [2.75, 3.05) is 6.61 Å². The zero-order valence-electron chi connectivity index (χ0n) is 17.4. The predicted molar refractivity (Wildman–Crippen MR) is 116 cm³/mol. The number of hydrogen-bond acceptors (Lipinski definition) is 5. The van der Waals surface area contributed by atoms with Crippen LogP contribution < -0.4 is 15.0 Å². The molecule has 0 spiro atoms. The molecule has 0 aliphatic carbocycles. The quantitative estimate of drug-likeness (QED) is 0.399. The lowest BCUT2D eigenvalue weighted by Gasteiger charge is -2.15. The van der Waals surface area contributed by atoms with E-state index in [0.717, 1.165) is 0 Å². The molecule has 9 heteroatoms. The van der Waals surface area contributed by atoms with Crippen LogP contribution in [0.3, 0.4) is 0 Å². The molecule has 0 aliphatic rings. The summed E-state index contributed by atoms with van der Waals surface area (Å²) in [6.45, 7) is -1.44. The number of para-hydroxylation sites is 2. The van der Waals surface area contributed by atoms with Crippen molar-refractivity contribution in [1.29, 1.82) is 0 Å². The van der Waals surface area contributed by atoms with Crippen molar-refractivity contribution in [3.8, 4) is 39.8 Å². The molecule has 2 heterocycles. The number of nitrogens with zero attached hydrogens (tertiary/aromatic N) is 3. The maximum atomic E-state index is 12.4. The second kappa shape index (κ2) is 9.15. The van der Waals surface area contributed by atoms with Crippen LogP contribution in [0.15, 0.2) is 83.8 Å². The number of benzene rings is 2. The van der Waals surface area contributed by atoms with Crippen LogP contribution in [0.25, 0.3) is 22.4 Å². The molecule has 0 aliphatic heterocycles. The fourth-order valence-corrected chi connectivity index (χ4v) is 3.10. The van der Waals surface area contributed by atoms with Crippen molar-refractivity contribution in [2.24, 2.45) is 7.05 Å². The molecule has 0 atom stereocenters. The average molecular weight is 453 g/mol. The van der Waals surface area contributed by atoms with Crippen molar-refractivity contribution in [2.45, 2.75) is 6.18 Å². The molecule has 0 saturated heterocycles. The fraction of sp³-hybridized carbons (Fsp3) is 0.125. The first-order chi connectivity index (χ1) is 15.8. The largest absolute Gasteiger partial charge is 0.468 e. The van der Waals surface area contributed by atoms with Crippen LogP contribution in [0.1, 0.15) is 0 Å². The van der Waals surface area contributed by atoms with E-state index in [0.29, 0.717) is 33.9 Å². The zero-order valence-corrected chi connectivity index (χ0v) is 17.4. The maximum Gasteiger partial charge on any atom is 0.422 e. The van der Waals surface area contributed by atoms with Crippen molar-refractivity contribution in [3.05, 3.63) is 89.3 Å². The Morgan fingerprint density at radius 2 is 1.67 bits per heavy atom. The second-order valence-electron chi connectivity index (χ2n) is 7.07. The third-order valence-electron chi connectivity index (χ3n) is 4.64. The molecule has 0 fully saturated rings. The van der Waals surface area contributed by atoms with Gasteiger partial charge in [0.15, 0.2) is 6.61 Å². The fourth-order valence-electron chi connectivity index (χ4n) is 3.10. The summed E-state index contributed by atoms with van der Waals surface area (Å²) in [4.78, 5) is 16.3. The van der Waals surface area contributed by atoms with Gasteiger partial charge < -0.3 is 9.47 Å². The van der Waals surface area contributed by atoms with Crippen molar-refractivity contribution in [1.82, 2.24) is 14.8 Å². The van der Waals surface area contributed by atoms with Gasteiger partial charge in [-0.05, 0) is 30.3 Å². The molecule has 4 aromatic rings. The van der Waals surface area contributed by atoms with Crippen LogP contribution in [0.2, 0.25) is 0 Å². The van der Waals surface area contributed by atoms with Gasteiger partial charge in [-0.2, -0.15) is 18.3 Å². The molecule has 0 N–H and O–H groups in total. The summed E-state index contributed by atoms with van der Waals surface area (Å²) in [5.74, 6) is 0.973. The Morgan fingerprint density at radius 1 is 0.939 bits per heavy atom. The number of pyridine rings is 1. The minimum atomic E-state index is -4.47. The average Bonchev–Trinajstić information content (AvgIpc) is 2.80. The van der Waals surface area contributed by atoms with Gasteiger partial charge in [-0.15, -0.1) is 0 Å². The van der Waals surface area contributed by atoms with Crippen LogP contribution in [0.4, 0.5) is 13.2 Å². The molecular formula is C24H18F3N3O3. The molecule has 6 nitrogen and oxygen atoms in total. The van der Waals surface area contributed by atoms with Gasteiger partial charge in [-0.3, -0.25) is 4.79 Å². The summed E-state index contributed by atoms with van der Waals surface area (Å²) in [5, 5.41) is 4.43. The SMILES string of the molecule is Cn1nc(-c2ccccc2Oc2ccccc2)c(-c2ccc(OCC(F)(F)F)nc2)cc1=O. The number of hydrogen-bond donors (Lipinski definition) is 0. The highest BCUT2D eigenvalue weighted by atomic mass is 19.4. The number of alkyl halides is 3. The molecule has 0 radical (unpaired) electrons. The van der Waals surface area contributed by atoms with Crippen molar-refractivity contribution < 1.29 is 22.6 Å². The Balaban J connectivity index is 1.75. The van der Waals surface area contributed by atoms with Crippen molar-refractivity contribution >= 4 is 0 Å². The van der Waals surface area contributed by atoms with E-state index in [-0.39, 0.29) is 11.4 Å². The Kier molecular flexibility index (Phi) is 6.12. The van der Waals surface area contributed by atoms with E-state index < -0.39 is 12.8 Å². The summed E-state index contributed by atoms with van der Waals surface area (Å²) in [5.41, 5.74) is 1.67. The molecule has 33 heavy (non-hydrogen) atoms. The summed E-state index contributed by atoms with van der Waals surface area (Å²) in [6.07, 6.45) is -3.13. The van der Waals surface area contributed by atoms with E-state index >= 15 is 0 Å². The van der Waals surface area contributed by atoms with Crippen LogP contribution in [0, 0.1) is 0 Å². The van der Waals surface area contributed by atoms with Gasteiger partial charge in [0.05, 0.1) is 0 Å². The first-order valence-corrected chi connectivity index (χ1v) is 9.87. The highest BCUT2D eigenvalue weighted by Crippen LogP contribution is 2.37. The Bertz CT molecular complexity index is 1300. The normalized spacial score (nSPS) is 11.3. The number of aryl methyl sites for hydroxylation is 1. The molecule has 0 unspecified atom stereocenters. The second-order valence-corrected chi connectivity index (χ2v) is 7.07. The molecule has 4 rings (SSSR count). The molecular weight excluding hydrogens is 435 g/mol. The lowest BCUT2D eigenvalue weighted by Crippen LogP contribution is -2.20. The lowest BCUT2D eigenvalue weighted by molar-refractivity contribution is -0.154. The third kappa shape index (κ3) is 5.38. The lowest BCUT2D eigenvalue weighted by atomic mass is 10.0. The maximum absolute atomic E-state index is 12.4.